The van der Waals surface area contributed by atoms with Crippen molar-refractivity contribution in [3.8, 4) is 34.5 Å². The van der Waals surface area contributed by atoms with Crippen molar-refractivity contribution in [3.05, 3.63) is 84.0 Å². The molecule has 2 atom stereocenters. The molecule has 0 radical (unpaired) electrons. The van der Waals surface area contributed by atoms with Crippen molar-refractivity contribution in [3.63, 3.8) is 0 Å². The van der Waals surface area contributed by atoms with Crippen LogP contribution in [-0.2, 0) is 0 Å². The minimum absolute atomic E-state index is 0.0301. The molecule has 0 heterocycles. The maximum absolute atomic E-state index is 7.26. The van der Waals surface area contributed by atoms with Crippen LogP contribution in [0.25, 0.3) is 75.4 Å². The Hall–Kier alpha value is -5.62. The van der Waals surface area contributed by atoms with E-state index in [1.807, 2.05) is 0 Å². The standard InChI is InChI=1S/C60H68O6/c1-7-13-31-61-55-43-37-25-19-20-26-38(37)45-51-49(43)50-44(56(55)62-32-14-8-2)39-27-21-22-28-40(39)46-52(50)54-48(60(66-36-18-12-6)58(46)64-34-16-10-4)42-30-24-23-29-41(42)47(53(51)54)59(65-35-17-11-5)57(45)63-33-15-9-3/h19-30,37-38H,7-18,31-36H2,1-6H3. The van der Waals surface area contributed by atoms with Gasteiger partial charge in [0.15, 0.2) is 34.5 Å². The van der Waals surface area contributed by atoms with Gasteiger partial charge in [0.25, 0.3) is 0 Å². The molecule has 0 bridgehead atoms. The summed E-state index contributed by atoms with van der Waals surface area (Å²) in [4.78, 5) is 0. The molecule has 6 heteroatoms. The van der Waals surface area contributed by atoms with Crippen LogP contribution >= 0.6 is 0 Å². The molecule has 6 nitrogen and oxygen atoms in total. The predicted molar refractivity (Wildman–Crippen MR) is 278 cm³/mol. The molecular weight excluding hydrogens is 817 g/mol. The zero-order chi connectivity index (χ0) is 45.3. The molecule has 0 fully saturated rings. The highest BCUT2D eigenvalue weighted by atomic mass is 16.5. The molecule has 8 aromatic carbocycles. The van der Waals surface area contributed by atoms with Crippen LogP contribution in [0.3, 0.4) is 0 Å². The fourth-order valence-electron chi connectivity index (χ4n) is 11.1. The fourth-order valence-corrected chi connectivity index (χ4v) is 11.1. The molecule has 344 valence electrons. The van der Waals surface area contributed by atoms with Crippen LogP contribution in [0.15, 0.2) is 72.8 Å². The summed E-state index contributed by atoms with van der Waals surface area (Å²) in [6, 6.07) is 17.9. The lowest BCUT2D eigenvalue weighted by Crippen LogP contribution is -2.20. The van der Waals surface area contributed by atoms with E-state index in [1.54, 1.807) is 0 Å². The zero-order valence-corrected chi connectivity index (χ0v) is 40.3. The second-order valence-corrected chi connectivity index (χ2v) is 18.7. The van der Waals surface area contributed by atoms with Gasteiger partial charge in [-0.3, -0.25) is 0 Å². The van der Waals surface area contributed by atoms with Gasteiger partial charge in [-0.2, -0.15) is 0 Å². The number of benzene rings is 8. The highest BCUT2D eigenvalue weighted by molar-refractivity contribution is 6.51. The molecule has 0 spiro atoms. The summed E-state index contributed by atoms with van der Waals surface area (Å²) in [5.41, 5.74) is 2.42. The monoisotopic (exact) mass is 885 g/mol. The molecule has 2 aliphatic carbocycles. The van der Waals surface area contributed by atoms with Crippen LogP contribution < -0.4 is 28.4 Å². The van der Waals surface area contributed by atoms with E-state index in [4.69, 9.17) is 28.4 Å². The molecule has 8 aromatic rings. The van der Waals surface area contributed by atoms with Crippen molar-refractivity contribution in [2.75, 3.05) is 39.6 Å². The Kier molecular flexibility index (Phi) is 12.9. The molecule has 0 amide bonds. The van der Waals surface area contributed by atoms with Crippen molar-refractivity contribution < 1.29 is 28.4 Å². The van der Waals surface area contributed by atoms with E-state index in [-0.39, 0.29) is 11.8 Å². The van der Waals surface area contributed by atoms with Gasteiger partial charge in [0.1, 0.15) is 0 Å². The number of ether oxygens (including phenoxy) is 6. The van der Waals surface area contributed by atoms with Gasteiger partial charge >= 0.3 is 0 Å². The Morgan fingerprint density at radius 3 is 0.818 bits per heavy atom. The average molecular weight is 885 g/mol. The number of unbranched alkanes of at least 4 members (excludes halogenated alkanes) is 6. The lowest BCUT2D eigenvalue weighted by molar-refractivity contribution is 0.259. The van der Waals surface area contributed by atoms with Gasteiger partial charge in [0.2, 0.25) is 0 Å². The summed E-state index contributed by atoms with van der Waals surface area (Å²) in [6.07, 6.45) is 21.1. The average Bonchev–Trinajstić information content (AvgIpc) is 3.34. The van der Waals surface area contributed by atoms with Crippen LogP contribution in [0.1, 0.15) is 142 Å². The van der Waals surface area contributed by atoms with Gasteiger partial charge in [-0.25, -0.2) is 0 Å². The van der Waals surface area contributed by atoms with Crippen LogP contribution in [0, 0.1) is 0 Å². The summed E-state index contributed by atoms with van der Waals surface area (Å²) in [5, 5.41) is 16.3. The Morgan fingerprint density at radius 2 is 0.545 bits per heavy atom. The highest BCUT2D eigenvalue weighted by Crippen LogP contribution is 2.67. The minimum atomic E-state index is -0.0301. The molecule has 0 aliphatic heterocycles. The van der Waals surface area contributed by atoms with E-state index in [0.717, 1.165) is 155 Å². The van der Waals surface area contributed by atoms with Gasteiger partial charge < -0.3 is 28.4 Å². The van der Waals surface area contributed by atoms with Crippen molar-refractivity contribution in [2.45, 2.75) is 130 Å². The van der Waals surface area contributed by atoms with Gasteiger partial charge in [-0.05, 0) is 70.8 Å². The largest absolute Gasteiger partial charge is 0.489 e. The molecule has 0 saturated carbocycles. The van der Waals surface area contributed by atoms with E-state index in [1.165, 1.54) is 43.4 Å². The first-order chi connectivity index (χ1) is 32.6. The van der Waals surface area contributed by atoms with E-state index in [2.05, 4.69) is 114 Å². The minimum Gasteiger partial charge on any atom is -0.489 e. The molecule has 2 aliphatic rings. The highest BCUT2D eigenvalue weighted by Gasteiger charge is 2.43. The van der Waals surface area contributed by atoms with Crippen molar-refractivity contribution in [1.29, 1.82) is 0 Å². The topological polar surface area (TPSA) is 55.4 Å². The molecule has 66 heavy (non-hydrogen) atoms. The third-order valence-corrected chi connectivity index (χ3v) is 14.3. The lowest BCUT2D eigenvalue weighted by Gasteiger charge is -2.38. The van der Waals surface area contributed by atoms with E-state index < -0.39 is 0 Å². The molecule has 10 rings (SSSR count). The summed E-state index contributed by atoms with van der Waals surface area (Å²) in [6.45, 7) is 17.0. The lowest BCUT2D eigenvalue weighted by atomic mass is 9.67. The Bertz CT molecular complexity index is 2880. The number of fused-ring (bicyclic) bond motifs is 9. The fraction of sp³-hybridized carbons (Fsp3) is 0.433. The zero-order valence-electron chi connectivity index (χ0n) is 40.3. The summed E-state index contributed by atoms with van der Waals surface area (Å²) < 4.78 is 43.5. The third-order valence-electron chi connectivity index (χ3n) is 14.3. The SMILES string of the molecule is CCCCOc1c(OCCCC)c2c3ccccc3c3c(OCCCC)c(OCCCC)c4c5ccccc5c5c(OCCCC)c(OCCCC)c6c7c(c1C1C=CC=CC61)c2c3c4c57. The van der Waals surface area contributed by atoms with Crippen LogP contribution in [0.4, 0.5) is 0 Å². The van der Waals surface area contributed by atoms with E-state index in [0.29, 0.717) is 39.6 Å². The Labute approximate surface area is 390 Å². The smallest absolute Gasteiger partial charge is 0.170 e. The van der Waals surface area contributed by atoms with Crippen LogP contribution in [0.5, 0.6) is 34.5 Å². The van der Waals surface area contributed by atoms with E-state index >= 15 is 0 Å². The number of hydrogen-bond acceptors (Lipinski definition) is 6. The second kappa shape index (κ2) is 19.3. The first-order valence-electron chi connectivity index (χ1n) is 25.7. The van der Waals surface area contributed by atoms with Crippen molar-refractivity contribution in [2.24, 2.45) is 0 Å². The maximum atomic E-state index is 7.26. The maximum Gasteiger partial charge on any atom is 0.170 e. The van der Waals surface area contributed by atoms with Gasteiger partial charge in [-0.15, -0.1) is 0 Å². The molecule has 0 N–H and O–H groups in total. The van der Waals surface area contributed by atoms with Crippen molar-refractivity contribution in [1.82, 2.24) is 0 Å². The van der Waals surface area contributed by atoms with E-state index in [9.17, 15) is 0 Å². The predicted octanol–water partition coefficient (Wildman–Crippen LogP) is 17.0. The summed E-state index contributed by atoms with van der Waals surface area (Å²) in [7, 11) is 0. The van der Waals surface area contributed by atoms with Crippen molar-refractivity contribution >= 4 is 75.4 Å². The quantitative estimate of drug-likeness (QED) is 0.0342. The Balaban J connectivity index is 1.56. The number of allylic oxidation sites excluding steroid dienone is 4. The Morgan fingerprint density at radius 1 is 0.303 bits per heavy atom. The number of rotatable bonds is 24. The summed E-state index contributed by atoms with van der Waals surface area (Å²) in [5.74, 6) is 5.11. The van der Waals surface area contributed by atoms with Gasteiger partial charge in [0.05, 0.1) is 39.6 Å². The summed E-state index contributed by atoms with van der Waals surface area (Å²) >= 11 is 0. The molecule has 2 unspecified atom stereocenters. The second-order valence-electron chi connectivity index (χ2n) is 18.7. The molecule has 0 aromatic heterocycles. The normalized spacial score (nSPS) is 15.5. The first kappa shape index (κ1) is 44.2. The van der Waals surface area contributed by atoms with Gasteiger partial charge in [0, 0.05) is 66.1 Å². The first-order valence-corrected chi connectivity index (χ1v) is 25.7. The third kappa shape index (κ3) is 7.03. The number of hydrogen-bond donors (Lipinski definition) is 0. The molecular formula is C60H68O6. The molecule has 0 saturated heterocycles. The van der Waals surface area contributed by atoms with Crippen LogP contribution in [0.2, 0.25) is 0 Å². The van der Waals surface area contributed by atoms with Crippen LogP contribution in [-0.4, -0.2) is 39.6 Å². The van der Waals surface area contributed by atoms with Gasteiger partial charge in [-0.1, -0.05) is 153 Å².